The predicted octanol–water partition coefficient (Wildman–Crippen LogP) is 1.66. The fourth-order valence-electron chi connectivity index (χ4n) is 2.77. The van der Waals surface area contributed by atoms with Crippen LogP contribution in [0.5, 0.6) is 0 Å². The zero-order valence-electron chi connectivity index (χ0n) is 14.4. The number of piperazine rings is 1. The monoisotopic (exact) mass is 394 g/mol. The quantitative estimate of drug-likeness (QED) is 0.685. The molecule has 9 heteroatoms. The van der Waals surface area contributed by atoms with Gasteiger partial charge in [0.05, 0.1) is 17.7 Å². The zero-order valence-corrected chi connectivity index (χ0v) is 16.1. The Balaban J connectivity index is 1.40. The Morgan fingerprint density at radius 3 is 2.81 bits per heavy atom. The van der Waals surface area contributed by atoms with E-state index < -0.39 is 0 Å². The molecule has 1 saturated heterocycles. The number of carbonyl (C=O) groups excluding carboxylic acids is 2. The van der Waals surface area contributed by atoms with Crippen molar-refractivity contribution in [2.75, 3.05) is 37.7 Å². The molecule has 0 atom stereocenters. The van der Waals surface area contributed by atoms with Crippen LogP contribution in [0, 0.1) is 0 Å². The molecule has 2 N–H and O–H groups in total. The zero-order chi connectivity index (χ0) is 18.4. The van der Waals surface area contributed by atoms with Gasteiger partial charge >= 0.3 is 0 Å². The number of hydrogen-bond acceptors (Lipinski definition) is 7. The average molecular weight is 395 g/mol. The highest BCUT2D eigenvalue weighted by Crippen LogP contribution is 2.24. The van der Waals surface area contributed by atoms with Crippen molar-refractivity contribution in [3.8, 4) is 10.8 Å². The molecule has 0 radical (unpaired) electrons. The number of nitrogens with two attached hydrogens (primary N) is 1. The third-order valence-electron chi connectivity index (χ3n) is 4.10. The van der Waals surface area contributed by atoms with E-state index in [4.69, 9.17) is 10.2 Å². The normalized spacial score (nSPS) is 15.3. The minimum absolute atomic E-state index is 0.149. The maximum absolute atomic E-state index is 12.2. The summed E-state index contributed by atoms with van der Waals surface area (Å²) in [6.07, 6.45) is 2.11. The SMILES string of the molecule is NC(=O)CSCCC(=O)N1CCN(Cc2csc(-c3ccco3)n2)CC1. The van der Waals surface area contributed by atoms with E-state index in [-0.39, 0.29) is 17.6 Å². The van der Waals surface area contributed by atoms with E-state index in [1.165, 1.54) is 11.8 Å². The maximum Gasteiger partial charge on any atom is 0.227 e. The molecule has 0 aromatic carbocycles. The number of aromatic nitrogens is 1. The highest BCUT2D eigenvalue weighted by molar-refractivity contribution is 7.99. The second-order valence-corrected chi connectivity index (χ2v) is 8.01. The lowest BCUT2D eigenvalue weighted by atomic mass is 10.2. The number of thioether (sulfide) groups is 1. The molecule has 2 amide bonds. The van der Waals surface area contributed by atoms with Crippen molar-refractivity contribution in [2.24, 2.45) is 5.73 Å². The Hall–Kier alpha value is -1.84. The summed E-state index contributed by atoms with van der Waals surface area (Å²) < 4.78 is 5.38. The molecule has 26 heavy (non-hydrogen) atoms. The lowest BCUT2D eigenvalue weighted by molar-refractivity contribution is -0.132. The molecule has 2 aromatic rings. The van der Waals surface area contributed by atoms with Gasteiger partial charge < -0.3 is 15.1 Å². The van der Waals surface area contributed by atoms with Crippen LogP contribution in [0.2, 0.25) is 0 Å². The number of amides is 2. The lowest BCUT2D eigenvalue weighted by Gasteiger charge is -2.34. The summed E-state index contributed by atoms with van der Waals surface area (Å²) in [5.41, 5.74) is 6.12. The van der Waals surface area contributed by atoms with Gasteiger partial charge in [0.25, 0.3) is 0 Å². The number of nitrogens with zero attached hydrogens (tertiary/aromatic N) is 3. The molecule has 3 rings (SSSR count). The molecule has 0 saturated carbocycles. The summed E-state index contributed by atoms with van der Waals surface area (Å²) in [6, 6.07) is 3.77. The molecule has 1 fully saturated rings. The number of hydrogen-bond donors (Lipinski definition) is 1. The predicted molar refractivity (Wildman–Crippen MR) is 103 cm³/mol. The van der Waals surface area contributed by atoms with Gasteiger partial charge in [0.1, 0.15) is 0 Å². The van der Waals surface area contributed by atoms with Gasteiger partial charge in [-0.2, -0.15) is 11.8 Å². The van der Waals surface area contributed by atoms with Gasteiger partial charge in [-0.3, -0.25) is 14.5 Å². The van der Waals surface area contributed by atoms with Crippen LogP contribution in [-0.2, 0) is 16.1 Å². The first-order valence-electron chi connectivity index (χ1n) is 8.46. The van der Waals surface area contributed by atoms with Gasteiger partial charge in [0, 0.05) is 50.3 Å². The van der Waals surface area contributed by atoms with Gasteiger partial charge in [-0.15, -0.1) is 11.3 Å². The van der Waals surface area contributed by atoms with Crippen molar-refractivity contribution in [1.82, 2.24) is 14.8 Å². The second-order valence-electron chi connectivity index (χ2n) is 6.05. The standard InChI is InChI=1S/C17H22N4O3S2/c18-15(22)12-25-9-3-16(23)21-6-4-20(5-7-21)10-13-11-26-17(19-13)14-2-1-8-24-14/h1-2,8,11H,3-7,9-10,12H2,(H2,18,22). The van der Waals surface area contributed by atoms with E-state index in [0.29, 0.717) is 12.2 Å². The van der Waals surface area contributed by atoms with Crippen LogP contribution in [0.4, 0.5) is 0 Å². The van der Waals surface area contributed by atoms with Crippen LogP contribution in [-0.4, -0.2) is 64.3 Å². The molecule has 0 aliphatic carbocycles. The smallest absolute Gasteiger partial charge is 0.227 e. The molecule has 1 aliphatic heterocycles. The Kier molecular flexibility index (Phi) is 6.70. The van der Waals surface area contributed by atoms with Crippen molar-refractivity contribution in [3.05, 3.63) is 29.5 Å². The summed E-state index contributed by atoms with van der Waals surface area (Å²) in [6.45, 7) is 3.93. The second kappa shape index (κ2) is 9.20. The summed E-state index contributed by atoms with van der Waals surface area (Å²) in [7, 11) is 0. The van der Waals surface area contributed by atoms with Gasteiger partial charge in [-0.05, 0) is 12.1 Å². The van der Waals surface area contributed by atoms with Gasteiger partial charge in [-0.25, -0.2) is 4.98 Å². The van der Waals surface area contributed by atoms with Gasteiger partial charge in [0.15, 0.2) is 10.8 Å². The Labute approximate surface area is 160 Å². The molecular formula is C17H22N4O3S2. The average Bonchev–Trinajstić information content (AvgIpc) is 3.30. The number of carbonyl (C=O) groups is 2. The van der Waals surface area contributed by atoms with E-state index >= 15 is 0 Å². The topological polar surface area (TPSA) is 92.7 Å². The van der Waals surface area contributed by atoms with E-state index in [2.05, 4.69) is 15.3 Å². The number of thiazole rings is 1. The molecule has 140 valence electrons. The van der Waals surface area contributed by atoms with E-state index in [0.717, 1.165) is 49.2 Å². The van der Waals surface area contributed by atoms with Crippen LogP contribution in [0.15, 0.2) is 28.2 Å². The van der Waals surface area contributed by atoms with Gasteiger partial charge in [0.2, 0.25) is 11.8 Å². The summed E-state index contributed by atoms with van der Waals surface area (Å²) in [5, 5.41) is 2.96. The van der Waals surface area contributed by atoms with E-state index in [1.807, 2.05) is 17.0 Å². The lowest BCUT2D eigenvalue weighted by Crippen LogP contribution is -2.48. The van der Waals surface area contributed by atoms with Crippen LogP contribution >= 0.6 is 23.1 Å². The van der Waals surface area contributed by atoms with Crippen molar-refractivity contribution in [1.29, 1.82) is 0 Å². The Morgan fingerprint density at radius 1 is 1.31 bits per heavy atom. The first kappa shape index (κ1) is 18.9. The van der Waals surface area contributed by atoms with Crippen LogP contribution < -0.4 is 5.73 Å². The summed E-state index contributed by atoms with van der Waals surface area (Å²) in [4.78, 5) is 31.7. The molecule has 2 aromatic heterocycles. The molecule has 7 nitrogen and oxygen atoms in total. The molecule has 3 heterocycles. The number of primary amides is 1. The molecule has 0 spiro atoms. The first-order valence-corrected chi connectivity index (χ1v) is 10.5. The largest absolute Gasteiger partial charge is 0.462 e. The van der Waals surface area contributed by atoms with Crippen molar-refractivity contribution in [2.45, 2.75) is 13.0 Å². The van der Waals surface area contributed by atoms with Crippen LogP contribution in [0.3, 0.4) is 0 Å². The number of rotatable bonds is 8. The van der Waals surface area contributed by atoms with Crippen molar-refractivity contribution >= 4 is 34.9 Å². The minimum Gasteiger partial charge on any atom is -0.462 e. The highest BCUT2D eigenvalue weighted by atomic mass is 32.2. The van der Waals surface area contributed by atoms with Crippen LogP contribution in [0.25, 0.3) is 10.8 Å². The van der Waals surface area contributed by atoms with E-state index in [1.54, 1.807) is 17.6 Å². The van der Waals surface area contributed by atoms with Crippen LogP contribution in [0.1, 0.15) is 12.1 Å². The third kappa shape index (κ3) is 5.33. The number of furan rings is 1. The minimum atomic E-state index is -0.340. The molecular weight excluding hydrogens is 372 g/mol. The first-order chi connectivity index (χ1) is 12.6. The Bertz CT molecular complexity index is 724. The molecule has 0 bridgehead atoms. The summed E-state index contributed by atoms with van der Waals surface area (Å²) in [5.74, 6) is 1.51. The van der Waals surface area contributed by atoms with E-state index in [9.17, 15) is 9.59 Å². The van der Waals surface area contributed by atoms with Crippen molar-refractivity contribution < 1.29 is 14.0 Å². The maximum atomic E-state index is 12.2. The molecule has 1 aliphatic rings. The Morgan fingerprint density at radius 2 is 2.12 bits per heavy atom. The fourth-order valence-corrected chi connectivity index (χ4v) is 4.21. The summed E-state index contributed by atoms with van der Waals surface area (Å²) >= 11 is 2.99. The third-order valence-corrected chi connectivity index (χ3v) is 5.99. The highest BCUT2D eigenvalue weighted by Gasteiger charge is 2.21. The molecule has 0 unspecified atom stereocenters. The van der Waals surface area contributed by atoms with Gasteiger partial charge in [-0.1, -0.05) is 0 Å². The fraction of sp³-hybridized carbons (Fsp3) is 0.471. The van der Waals surface area contributed by atoms with Crippen molar-refractivity contribution in [3.63, 3.8) is 0 Å².